The largest absolute Gasteiger partial charge is 0.469 e. The van der Waals surface area contributed by atoms with Crippen molar-refractivity contribution < 1.29 is 4.42 Å². The minimum absolute atomic E-state index is 0.426. The molecule has 1 aromatic heterocycles. The number of furan rings is 1. The topological polar surface area (TPSA) is 25.2 Å². The minimum Gasteiger partial charge on any atom is -0.469 e. The second-order valence-corrected chi connectivity index (χ2v) is 4.94. The average molecular weight is 243 g/mol. The van der Waals surface area contributed by atoms with E-state index in [2.05, 4.69) is 49.5 Å². The Balaban J connectivity index is 1.78. The van der Waals surface area contributed by atoms with Crippen molar-refractivity contribution in [3.8, 4) is 0 Å². The van der Waals surface area contributed by atoms with E-state index in [1.54, 1.807) is 6.26 Å². The molecule has 96 valence electrons. The highest BCUT2D eigenvalue weighted by Crippen LogP contribution is 2.07. The summed E-state index contributed by atoms with van der Waals surface area (Å²) >= 11 is 0. The van der Waals surface area contributed by atoms with Crippen molar-refractivity contribution in [3.05, 3.63) is 60.1 Å². The Morgan fingerprint density at radius 2 is 1.67 bits per heavy atom. The molecule has 2 heteroatoms. The fraction of sp³-hybridized carbons (Fsp3) is 0.375. The molecule has 0 fully saturated rings. The molecule has 0 aliphatic rings. The summed E-state index contributed by atoms with van der Waals surface area (Å²) in [5, 5.41) is 3.61. The maximum absolute atomic E-state index is 5.36. The van der Waals surface area contributed by atoms with Gasteiger partial charge in [-0.3, -0.25) is 0 Å². The van der Waals surface area contributed by atoms with Crippen molar-refractivity contribution in [2.45, 2.75) is 38.8 Å². The lowest BCUT2D eigenvalue weighted by Crippen LogP contribution is -2.37. The molecule has 0 aliphatic heterocycles. The molecule has 0 saturated carbocycles. The third kappa shape index (κ3) is 4.04. The van der Waals surface area contributed by atoms with E-state index < -0.39 is 0 Å². The highest BCUT2D eigenvalue weighted by molar-refractivity contribution is 5.15. The van der Waals surface area contributed by atoms with Gasteiger partial charge in [0.25, 0.3) is 0 Å². The molecule has 1 N–H and O–H groups in total. The second kappa shape index (κ2) is 6.41. The van der Waals surface area contributed by atoms with Crippen LogP contribution in [0, 0.1) is 0 Å². The molecule has 0 saturated heterocycles. The van der Waals surface area contributed by atoms with Gasteiger partial charge in [-0.05, 0) is 38.0 Å². The smallest absolute Gasteiger partial charge is 0.105 e. The van der Waals surface area contributed by atoms with Crippen LogP contribution in [0.4, 0.5) is 0 Å². The molecule has 2 rings (SSSR count). The van der Waals surface area contributed by atoms with Gasteiger partial charge in [-0.2, -0.15) is 0 Å². The van der Waals surface area contributed by atoms with Gasteiger partial charge >= 0.3 is 0 Å². The first-order chi connectivity index (χ1) is 8.74. The molecule has 2 unspecified atom stereocenters. The summed E-state index contributed by atoms with van der Waals surface area (Å²) in [6.07, 6.45) is 3.73. The van der Waals surface area contributed by atoms with E-state index >= 15 is 0 Å². The highest BCUT2D eigenvalue weighted by atomic mass is 16.3. The zero-order chi connectivity index (χ0) is 12.8. The van der Waals surface area contributed by atoms with E-state index in [1.807, 2.05) is 12.1 Å². The van der Waals surface area contributed by atoms with Crippen molar-refractivity contribution in [1.29, 1.82) is 0 Å². The molecular weight excluding hydrogens is 222 g/mol. The standard InChI is InChI=1S/C16H21NO/c1-13(11-15-7-4-3-5-8-15)17-14(2)12-16-9-6-10-18-16/h3-10,13-14,17H,11-12H2,1-2H3. The monoisotopic (exact) mass is 243 g/mol. The van der Waals surface area contributed by atoms with Crippen molar-refractivity contribution >= 4 is 0 Å². The lowest BCUT2D eigenvalue weighted by atomic mass is 10.1. The zero-order valence-corrected chi connectivity index (χ0v) is 11.1. The fourth-order valence-corrected chi connectivity index (χ4v) is 2.30. The molecule has 0 spiro atoms. The third-order valence-electron chi connectivity index (χ3n) is 3.04. The summed E-state index contributed by atoms with van der Waals surface area (Å²) in [5.41, 5.74) is 1.38. The summed E-state index contributed by atoms with van der Waals surface area (Å²) in [7, 11) is 0. The Morgan fingerprint density at radius 1 is 0.944 bits per heavy atom. The minimum atomic E-state index is 0.426. The Labute approximate surface area is 109 Å². The van der Waals surface area contributed by atoms with Crippen LogP contribution in [0.15, 0.2) is 53.1 Å². The molecule has 1 heterocycles. The van der Waals surface area contributed by atoms with Gasteiger partial charge in [-0.1, -0.05) is 30.3 Å². The summed E-state index contributed by atoms with van der Waals surface area (Å²) in [5.74, 6) is 1.04. The van der Waals surface area contributed by atoms with Crippen molar-refractivity contribution in [3.63, 3.8) is 0 Å². The summed E-state index contributed by atoms with van der Waals surface area (Å²) < 4.78 is 5.36. The Hall–Kier alpha value is -1.54. The fourth-order valence-electron chi connectivity index (χ4n) is 2.30. The average Bonchev–Trinajstić information content (AvgIpc) is 2.82. The van der Waals surface area contributed by atoms with Crippen LogP contribution in [0.25, 0.3) is 0 Å². The summed E-state index contributed by atoms with van der Waals surface area (Å²) in [6.45, 7) is 4.43. The molecule has 0 aliphatic carbocycles. The number of nitrogens with one attached hydrogen (secondary N) is 1. The van der Waals surface area contributed by atoms with Crippen LogP contribution >= 0.6 is 0 Å². The maximum Gasteiger partial charge on any atom is 0.105 e. The van der Waals surface area contributed by atoms with E-state index in [0.717, 1.165) is 18.6 Å². The molecule has 0 radical (unpaired) electrons. The first kappa shape index (κ1) is 12.9. The highest BCUT2D eigenvalue weighted by Gasteiger charge is 2.09. The normalized spacial score (nSPS) is 14.3. The molecule has 2 atom stereocenters. The summed E-state index contributed by atoms with van der Waals surface area (Å²) in [4.78, 5) is 0. The second-order valence-electron chi connectivity index (χ2n) is 4.94. The van der Waals surface area contributed by atoms with Crippen LogP contribution in [0.5, 0.6) is 0 Å². The molecule has 0 bridgehead atoms. The first-order valence-electron chi connectivity index (χ1n) is 6.56. The Kier molecular flexibility index (Phi) is 4.59. The first-order valence-corrected chi connectivity index (χ1v) is 6.56. The lowest BCUT2D eigenvalue weighted by Gasteiger charge is -2.19. The van der Waals surface area contributed by atoms with Crippen molar-refractivity contribution in [2.75, 3.05) is 0 Å². The van der Waals surface area contributed by atoms with Crippen molar-refractivity contribution in [2.24, 2.45) is 0 Å². The molecule has 2 nitrogen and oxygen atoms in total. The van der Waals surface area contributed by atoms with E-state index in [9.17, 15) is 0 Å². The van der Waals surface area contributed by atoms with Gasteiger partial charge in [0.05, 0.1) is 6.26 Å². The Morgan fingerprint density at radius 3 is 2.33 bits per heavy atom. The van der Waals surface area contributed by atoms with Gasteiger partial charge in [-0.15, -0.1) is 0 Å². The van der Waals surface area contributed by atoms with Gasteiger partial charge < -0.3 is 9.73 Å². The van der Waals surface area contributed by atoms with Crippen LogP contribution in [0.2, 0.25) is 0 Å². The van der Waals surface area contributed by atoms with Crippen LogP contribution in [-0.4, -0.2) is 12.1 Å². The Bertz CT molecular complexity index is 435. The van der Waals surface area contributed by atoms with Gasteiger partial charge in [-0.25, -0.2) is 0 Å². The molecular formula is C16H21NO. The third-order valence-corrected chi connectivity index (χ3v) is 3.04. The van der Waals surface area contributed by atoms with E-state index in [0.29, 0.717) is 12.1 Å². The van der Waals surface area contributed by atoms with Crippen LogP contribution < -0.4 is 5.32 Å². The number of hydrogen-bond acceptors (Lipinski definition) is 2. The van der Waals surface area contributed by atoms with Gasteiger partial charge in [0.2, 0.25) is 0 Å². The molecule has 18 heavy (non-hydrogen) atoms. The van der Waals surface area contributed by atoms with E-state index in [-0.39, 0.29) is 0 Å². The SMILES string of the molecule is CC(Cc1ccccc1)NC(C)Cc1ccco1. The predicted molar refractivity (Wildman–Crippen MR) is 74.6 cm³/mol. The number of hydrogen-bond donors (Lipinski definition) is 1. The van der Waals surface area contributed by atoms with Crippen molar-refractivity contribution in [1.82, 2.24) is 5.32 Å². The van der Waals surface area contributed by atoms with Crippen LogP contribution in [0.3, 0.4) is 0 Å². The van der Waals surface area contributed by atoms with E-state index in [1.165, 1.54) is 5.56 Å². The number of benzene rings is 1. The maximum atomic E-state index is 5.36. The van der Waals surface area contributed by atoms with Gasteiger partial charge in [0, 0.05) is 18.5 Å². The quantitative estimate of drug-likeness (QED) is 0.841. The predicted octanol–water partition coefficient (Wildman–Crippen LogP) is 3.43. The van der Waals surface area contributed by atoms with Crippen LogP contribution in [-0.2, 0) is 12.8 Å². The van der Waals surface area contributed by atoms with Crippen LogP contribution in [0.1, 0.15) is 25.2 Å². The zero-order valence-electron chi connectivity index (χ0n) is 11.1. The lowest BCUT2D eigenvalue weighted by molar-refractivity contribution is 0.422. The summed E-state index contributed by atoms with van der Waals surface area (Å²) in [6, 6.07) is 15.5. The molecule has 2 aromatic rings. The number of rotatable bonds is 6. The van der Waals surface area contributed by atoms with E-state index in [4.69, 9.17) is 4.42 Å². The molecule has 1 aromatic carbocycles. The van der Waals surface area contributed by atoms with Gasteiger partial charge in [0.1, 0.15) is 5.76 Å². The molecule has 0 amide bonds. The van der Waals surface area contributed by atoms with Gasteiger partial charge in [0.15, 0.2) is 0 Å².